The lowest BCUT2D eigenvalue weighted by Gasteiger charge is -2.14. The summed E-state index contributed by atoms with van der Waals surface area (Å²) in [6, 6.07) is 3.75. The summed E-state index contributed by atoms with van der Waals surface area (Å²) in [5, 5.41) is 0. The molecular weight excluding hydrogens is 302 g/mol. The van der Waals surface area contributed by atoms with Gasteiger partial charge in [0.25, 0.3) is 0 Å². The highest BCUT2D eigenvalue weighted by molar-refractivity contribution is 9.10. The average molecular weight is 314 g/mol. The third-order valence-corrected chi connectivity index (χ3v) is 3.19. The highest BCUT2D eigenvalue weighted by Crippen LogP contribution is 2.29. The Bertz CT molecular complexity index is 378. The second kappa shape index (κ2) is 5.82. The Labute approximate surface area is 105 Å². The van der Waals surface area contributed by atoms with Gasteiger partial charge < -0.3 is 5.73 Å². The Morgan fingerprint density at radius 3 is 2.53 bits per heavy atom. The van der Waals surface area contributed by atoms with E-state index in [-0.39, 0.29) is 17.3 Å². The van der Waals surface area contributed by atoms with E-state index in [0.29, 0.717) is 5.56 Å². The van der Waals surface area contributed by atoms with E-state index in [9.17, 15) is 17.6 Å². The molecule has 0 heterocycles. The summed E-state index contributed by atoms with van der Waals surface area (Å²) in [4.78, 5) is 0. The molecule has 6 heteroatoms. The molecule has 0 aliphatic rings. The molecule has 0 aliphatic carbocycles. The van der Waals surface area contributed by atoms with Crippen LogP contribution in [0.15, 0.2) is 22.7 Å². The third kappa shape index (κ3) is 4.63. The van der Waals surface area contributed by atoms with Crippen molar-refractivity contribution >= 4 is 15.9 Å². The van der Waals surface area contributed by atoms with Crippen molar-refractivity contribution in [2.75, 3.05) is 0 Å². The second-order valence-electron chi connectivity index (χ2n) is 3.76. The number of nitrogens with two attached hydrogens (primary N) is 1. The smallest absolute Gasteiger partial charge is 0.324 e. The molecule has 0 aliphatic heterocycles. The van der Waals surface area contributed by atoms with E-state index in [1.807, 2.05) is 0 Å². The van der Waals surface area contributed by atoms with Gasteiger partial charge in [0.1, 0.15) is 5.82 Å². The molecule has 96 valence electrons. The Kier molecular flexibility index (Phi) is 4.94. The van der Waals surface area contributed by atoms with Gasteiger partial charge in [-0.15, -0.1) is 0 Å². The zero-order valence-corrected chi connectivity index (χ0v) is 10.5. The number of hydrogen-bond acceptors (Lipinski definition) is 1. The van der Waals surface area contributed by atoms with Crippen molar-refractivity contribution in [3.05, 3.63) is 34.1 Å². The minimum Gasteiger partial charge on any atom is -0.324 e. The molecule has 17 heavy (non-hydrogen) atoms. The zero-order chi connectivity index (χ0) is 13.1. The van der Waals surface area contributed by atoms with Gasteiger partial charge in [-0.25, -0.2) is 4.39 Å². The van der Waals surface area contributed by atoms with Crippen LogP contribution in [0.2, 0.25) is 0 Å². The number of rotatable bonds is 4. The van der Waals surface area contributed by atoms with Crippen molar-refractivity contribution in [2.45, 2.75) is 31.5 Å². The molecule has 1 aromatic carbocycles. The van der Waals surface area contributed by atoms with Crippen LogP contribution < -0.4 is 5.73 Å². The van der Waals surface area contributed by atoms with Crippen LogP contribution in [0.4, 0.5) is 17.6 Å². The van der Waals surface area contributed by atoms with E-state index in [0.717, 1.165) is 0 Å². The molecule has 0 radical (unpaired) electrons. The fraction of sp³-hybridized carbons (Fsp3) is 0.455. The summed E-state index contributed by atoms with van der Waals surface area (Å²) in [5.41, 5.74) is 6.22. The molecule has 0 amide bonds. The lowest BCUT2D eigenvalue weighted by Crippen LogP contribution is -2.14. The van der Waals surface area contributed by atoms with Gasteiger partial charge in [0, 0.05) is 12.5 Å². The van der Waals surface area contributed by atoms with Gasteiger partial charge in [-0.2, -0.15) is 13.2 Å². The topological polar surface area (TPSA) is 26.0 Å². The van der Waals surface area contributed by atoms with Gasteiger partial charge in [-0.3, -0.25) is 0 Å². The summed E-state index contributed by atoms with van der Waals surface area (Å²) in [7, 11) is 0. The molecule has 2 N–H and O–H groups in total. The molecule has 0 fully saturated rings. The van der Waals surface area contributed by atoms with Crippen LogP contribution in [0.5, 0.6) is 0 Å². The van der Waals surface area contributed by atoms with Crippen molar-refractivity contribution in [1.82, 2.24) is 0 Å². The van der Waals surface area contributed by atoms with E-state index in [1.54, 1.807) is 6.07 Å². The molecule has 1 aromatic rings. The molecule has 0 saturated carbocycles. The van der Waals surface area contributed by atoms with Gasteiger partial charge in [0.2, 0.25) is 0 Å². The molecular formula is C11H12BrF4N. The van der Waals surface area contributed by atoms with Crippen LogP contribution in [0.1, 0.15) is 30.9 Å². The Morgan fingerprint density at radius 2 is 1.94 bits per heavy atom. The van der Waals surface area contributed by atoms with Crippen LogP contribution in [-0.4, -0.2) is 6.18 Å². The van der Waals surface area contributed by atoms with Crippen molar-refractivity contribution in [2.24, 2.45) is 5.73 Å². The third-order valence-electron chi connectivity index (χ3n) is 2.36. The van der Waals surface area contributed by atoms with Crippen molar-refractivity contribution in [3.8, 4) is 0 Å². The van der Waals surface area contributed by atoms with Crippen LogP contribution in [0.25, 0.3) is 0 Å². The Balaban J connectivity index is 2.58. The monoisotopic (exact) mass is 313 g/mol. The van der Waals surface area contributed by atoms with E-state index >= 15 is 0 Å². The van der Waals surface area contributed by atoms with Crippen molar-refractivity contribution in [1.29, 1.82) is 0 Å². The highest BCUT2D eigenvalue weighted by atomic mass is 79.9. The highest BCUT2D eigenvalue weighted by Gasteiger charge is 2.26. The van der Waals surface area contributed by atoms with Crippen molar-refractivity contribution < 1.29 is 17.6 Å². The molecule has 0 aromatic heterocycles. The van der Waals surface area contributed by atoms with Crippen LogP contribution >= 0.6 is 15.9 Å². The van der Waals surface area contributed by atoms with E-state index < -0.39 is 24.5 Å². The Morgan fingerprint density at radius 1 is 1.29 bits per heavy atom. The maximum atomic E-state index is 13.2. The van der Waals surface area contributed by atoms with Crippen LogP contribution in [0.3, 0.4) is 0 Å². The van der Waals surface area contributed by atoms with Gasteiger partial charge in [-0.05, 0) is 40.4 Å². The number of halogens is 5. The van der Waals surface area contributed by atoms with Gasteiger partial charge in [-0.1, -0.05) is 12.1 Å². The summed E-state index contributed by atoms with van der Waals surface area (Å²) in [6.45, 7) is 0. The van der Waals surface area contributed by atoms with E-state index in [2.05, 4.69) is 15.9 Å². The zero-order valence-electron chi connectivity index (χ0n) is 8.90. The lowest BCUT2D eigenvalue weighted by molar-refractivity contribution is -0.135. The summed E-state index contributed by atoms with van der Waals surface area (Å²) >= 11 is 3.03. The van der Waals surface area contributed by atoms with E-state index in [1.165, 1.54) is 12.1 Å². The van der Waals surface area contributed by atoms with Gasteiger partial charge in [0.15, 0.2) is 0 Å². The first-order chi connectivity index (χ1) is 7.81. The summed E-state index contributed by atoms with van der Waals surface area (Å²) in [5.74, 6) is -0.464. The number of alkyl halides is 3. The molecule has 0 saturated heterocycles. The molecule has 0 spiro atoms. The van der Waals surface area contributed by atoms with Crippen molar-refractivity contribution in [3.63, 3.8) is 0 Å². The fourth-order valence-corrected chi connectivity index (χ4v) is 2.04. The lowest BCUT2D eigenvalue weighted by atomic mass is 10.0. The van der Waals surface area contributed by atoms with E-state index in [4.69, 9.17) is 5.73 Å². The van der Waals surface area contributed by atoms with Crippen LogP contribution in [0, 0.1) is 5.82 Å². The summed E-state index contributed by atoms with van der Waals surface area (Å²) in [6.07, 6.45) is -4.93. The normalized spacial score (nSPS) is 13.8. The number of hydrogen-bond donors (Lipinski definition) is 1. The van der Waals surface area contributed by atoms with Gasteiger partial charge in [0.05, 0.1) is 4.47 Å². The SMILES string of the molecule is NC(CCCC(F)(F)F)c1cccc(F)c1Br. The largest absolute Gasteiger partial charge is 0.389 e. The molecule has 0 bridgehead atoms. The predicted octanol–water partition coefficient (Wildman–Crippen LogP) is 4.32. The first kappa shape index (κ1) is 14.4. The standard InChI is InChI=1S/C11H12BrF4N/c12-10-7(3-1-4-8(10)13)9(17)5-2-6-11(14,15)16/h1,3-4,9H,2,5-6,17H2. The maximum absolute atomic E-state index is 13.2. The molecule has 1 atom stereocenters. The van der Waals surface area contributed by atoms with Gasteiger partial charge >= 0.3 is 6.18 Å². The predicted molar refractivity (Wildman–Crippen MR) is 60.9 cm³/mol. The minimum absolute atomic E-state index is 0.0619. The molecule has 1 unspecified atom stereocenters. The first-order valence-corrected chi connectivity index (χ1v) is 5.87. The first-order valence-electron chi connectivity index (χ1n) is 5.07. The fourth-order valence-electron chi connectivity index (χ4n) is 1.48. The quantitative estimate of drug-likeness (QED) is 0.823. The minimum atomic E-state index is -4.17. The van der Waals surface area contributed by atoms with Crippen LogP contribution in [-0.2, 0) is 0 Å². The average Bonchev–Trinajstić information content (AvgIpc) is 2.20. The maximum Gasteiger partial charge on any atom is 0.389 e. The molecule has 1 nitrogen and oxygen atoms in total. The molecule has 1 rings (SSSR count). The number of benzene rings is 1. The second-order valence-corrected chi connectivity index (χ2v) is 4.55. The summed E-state index contributed by atoms with van der Waals surface area (Å²) < 4.78 is 49.2. The Hall–Kier alpha value is -0.620.